The molecule has 0 aromatic heterocycles. The summed E-state index contributed by atoms with van der Waals surface area (Å²) in [7, 11) is 1.69. The molecule has 0 atom stereocenters. The van der Waals surface area contributed by atoms with Crippen molar-refractivity contribution >= 4 is 12.2 Å². The maximum absolute atomic E-state index is 13.6. The number of carbonyl (C=O) groups excluding carboxylic acids is 2. The molecule has 114 valence electrons. The van der Waals surface area contributed by atoms with Crippen molar-refractivity contribution < 1.29 is 14.0 Å². The fourth-order valence-corrected chi connectivity index (χ4v) is 2.53. The summed E-state index contributed by atoms with van der Waals surface area (Å²) >= 11 is 0. The Morgan fingerprint density at radius 2 is 2.05 bits per heavy atom. The van der Waals surface area contributed by atoms with E-state index in [1.807, 2.05) is 0 Å². The number of rotatable bonds is 5. The lowest BCUT2D eigenvalue weighted by Gasteiger charge is -2.30. The van der Waals surface area contributed by atoms with Crippen molar-refractivity contribution in [1.29, 1.82) is 0 Å². The number of halogens is 1. The molecule has 1 amide bonds. The van der Waals surface area contributed by atoms with Crippen molar-refractivity contribution in [3.05, 3.63) is 35.6 Å². The first kappa shape index (κ1) is 15.6. The van der Waals surface area contributed by atoms with Gasteiger partial charge in [-0.05, 0) is 32.0 Å². The van der Waals surface area contributed by atoms with Gasteiger partial charge in [-0.1, -0.05) is 18.2 Å². The largest absolute Gasteiger partial charge is 0.340 e. The van der Waals surface area contributed by atoms with Gasteiger partial charge in [0.2, 0.25) is 5.91 Å². The molecule has 1 saturated heterocycles. The van der Waals surface area contributed by atoms with Crippen LogP contribution >= 0.6 is 0 Å². The number of hydrogen-bond donors (Lipinski definition) is 0. The lowest BCUT2D eigenvalue weighted by molar-refractivity contribution is -0.132. The van der Waals surface area contributed by atoms with Gasteiger partial charge < -0.3 is 9.69 Å². The van der Waals surface area contributed by atoms with E-state index in [2.05, 4.69) is 4.90 Å². The number of hydrogen-bond acceptors (Lipinski definition) is 3. The van der Waals surface area contributed by atoms with Gasteiger partial charge in [-0.15, -0.1) is 0 Å². The average Bonchev–Trinajstić information content (AvgIpc) is 2.50. The standard InChI is InChI=1S/C16H21FN2O2/c1-18(10-14-4-2-3-5-15(14)17)16(21)11-19-8-6-13(12-20)7-9-19/h2-5,12-13H,6-11H2,1H3. The second-order valence-corrected chi connectivity index (χ2v) is 5.59. The van der Waals surface area contributed by atoms with Gasteiger partial charge in [-0.3, -0.25) is 9.69 Å². The van der Waals surface area contributed by atoms with Gasteiger partial charge in [0, 0.05) is 25.1 Å². The van der Waals surface area contributed by atoms with Gasteiger partial charge >= 0.3 is 0 Å². The van der Waals surface area contributed by atoms with Crippen LogP contribution < -0.4 is 0 Å². The SMILES string of the molecule is CN(Cc1ccccc1F)C(=O)CN1CCC(C=O)CC1. The van der Waals surface area contributed by atoms with Crippen LogP contribution in [0.15, 0.2) is 24.3 Å². The van der Waals surface area contributed by atoms with E-state index in [0.717, 1.165) is 32.2 Å². The van der Waals surface area contributed by atoms with Gasteiger partial charge in [0.05, 0.1) is 6.54 Å². The molecule has 0 radical (unpaired) electrons. The molecule has 1 aliphatic heterocycles. The van der Waals surface area contributed by atoms with E-state index < -0.39 is 0 Å². The highest BCUT2D eigenvalue weighted by molar-refractivity contribution is 5.78. The fraction of sp³-hybridized carbons (Fsp3) is 0.500. The smallest absolute Gasteiger partial charge is 0.236 e. The normalized spacial score (nSPS) is 16.7. The third kappa shape index (κ3) is 4.36. The van der Waals surface area contributed by atoms with Gasteiger partial charge in [0.25, 0.3) is 0 Å². The van der Waals surface area contributed by atoms with Crippen molar-refractivity contribution in [2.45, 2.75) is 19.4 Å². The summed E-state index contributed by atoms with van der Waals surface area (Å²) in [6.45, 7) is 2.14. The van der Waals surface area contributed by atoms with E-state index in [0.29, 0.717) is 12.1 Å². The molecule has 0 spiro atoms. The van der Waals surface area contributed by atoms with Crippen LogP contribution in [0.3, 0.4) is 0 Å². The number of benzene rings is 1. The van der Waals surface area contributed by atoms with Crippen LogP contribution in [0.5, 0.6) is 0 Å². The molecule has 0 bridgehead atoms. The first-order valence-corrected chi connectivity index (χ1v) is 7.25. The molecule has 4 nitrogen and oxygen atoms in total. The topological polar surface area (TPSA) is 40.6 Å². The number of aldehydes is 1. The van der Waals surface area contributed by atoms with Crippen LogP contribution in [0, 0.1) is 11.7 Å². The summed E-state index contributed by atoms with van der Waals surface area (Å²) in [6, 6.07) is 6.49. The highest BCUT2D eigenvalue weighted by atomic mass is 19.1. The molecule has 21 heavy (non-hydrogen) atoms. The second-order valence-electron chi connectivity index (χ2n) is 5.59. The monoisotopic (exact) mass is 292 g/mol. The summed E-state index contributed by atoms with van der Waals surface area (Å²) in [5.74, 6) is -0.181. The van der Waals surface area contributed by atoms with Gasteiger partial charge in [-0.2, -0.15) is 0 Å². The van der Waals surface area contributed by atoms with Gasteiger partial charge in [-0.25, -0.2) is 4.39 Å². The number of likely N-dealkylation sites (N-methyl/N-ethyl adjacent to an activating group) is 1. The van der Waals surface area contributed by atoms with E-state index >= 15 is 0 Å². The lowest BCUT2D eigenvalue weighted by Crippen LogP contribution is -2.42. The molecule has 0 N–H and O–H groups in total. The van der Waals surface area contributed by atoms with Crippen molar-refractivity contribution in [2.24, 2.45) is 5.92 Å². The Labute approximate surface area is 124 Å². The number of amides is 1. The molecule has 1 heterocycles. The van der Waals surface area contributed by atoms with Crippen molar-refractivity contribution in [3.63, 3.8) is 0 Å². The molecule has 0 saturated carbocycles. The summed E-state index contributed by atoms with van der Waals surface area (Å²) < 4.78 is 13.6. The Balaban J connectivity index is 1.83. The zero-order valence-electron chi connectivity index (χ0n) is 12.3. The third-order valence-electron chi connectivity index (χ3n) is 3.97. The van der Waals surface area contributed by atoms with E-state index in [4.69, 9.17) is 0 Å². The van der Waals surface area contributed by atoms with Crippen LogP contribution in [-0.2, 0) is 16.1 Å². The molecule has 5 heteroatoms. The Morgan fingerprint density at radius 1 is 1.38 bits per heavy atom. The van der Waals surface area contributed by atoms with Crippen molar-refractivity contribution in [3.8, 4) is 0 Å². The van der Waals surface area contributed by atoms with Crippen LogP contribution in [0.4, 0.5) is 4.39 Å². The molecule has 2 rings (SSSR count). The van der Waals surface area contributed by atoms with E-state index in [9.17, 15) is 14.0 Å². The molecular formula is C16H21FN2O2. The summed E-state index contributed by atoms with van der Waals surface area (Å²) in [4.78, 5) is 26.5. The highest BCUT2D eigenvalue weighted by Gasteiger charge is 2.21. The Morgan fingerprint density at radius 3 is 2.67 bits per heavy atom. The minimum atomic E-state index is -0.288. The van der Waals surface area contributed by atoms with Crippen LogP contribution in [0.25, 0.3) is 0 Å². The molecule has 0 aliphatic carbocycles. The maximum atomic E-state index is 13.6. The van der Waals surface area contributed by atoms with Crippen LogP contribution in [0.2, 0.25) is 0 Å². The molecular weight excluding hydrogens is 271 g/mol. The van der Waals surface area contributed by atoms with Gasteiger partial charge in [0.15, 0.2) is 0 Å². The lowest BCUT2D eigenvalue weighted by atomic mass is 9.99. The van der Waals surface area contributed by atoms with Crippen LogP contribution in [0.1, 0.15) is 18.4 Å². The Hall–Kier alpha value is -1.75. The third-order valence-corrected chi connectivity index (χ3v) is 3.97. The molecule has 1 aromatic carbocycles. The van der Waals surface area contributed by atoms with E-state index in [1.54, 1.807) is 30.1 Å². The summed E-state index contributed by atoms with van der Waals surface area (Å²) in [5, 5.41) is 0. The zero-order valence-corrected chi connectivity index (χ0v) is 12.3. The minimum Gasteiger partial charge on any atom is -0.340 e. The first-order chi connectivity index (χ1) is 10.1. The summed E-state index contributed by atoms with van der Waals surface area (Å²) in [5.41, 5.74) is 0.521. The average molecular weight is 292 g/mol. The fourth-order valence-electron chi connectivity index (χ4n) is 2.53. The molecule has 0 unspecified atom stereocenters. The number of carbonyl (C=O) groups is 2. The highest BCUT2D eigenvalue weighted by Crippen LogP contribution is 2.15. The Kier molecular flexibility index (Phi) is 5.44. The predicted molar refractivity (Wildman–Crippen MR) is 78.1 cm³/mol. The number of piperidine rings is 1. The number of likely N-dealkylation sites (tertiary alicyclic amines) is 1. The second kappa shape index (κ2) is 7.31. The zero-order chi connectivity index (χ0) is 15.2. The molecule has 1 aromatic rings. The van der Waals surface area contributed by atoms with E-state index in [1.165, 1.54) is 6.07 Å². The van der Waals surface area contributed by atoms with Crippen LogP contribution in [-0.4, -0.2) is 48.7 Å². The minimum absolute atomic E-state index is 0.0252. The molecule has 1 fully saturated rings. The first-order valence-electron chi connectivity index (χ1n) is 7.25. The molecule has 1 aliphatic rings. The summed E-state index contributed by atoms with van der Waals surface area (Å²) in [6.07, 6.45) is 2.63. The van der Waals surface area contributed by atoms with Crippen molar-refractivity contribution in [2.75, 3.05) is 26.7 Å². The van der Waals surface area contributed by atoms with E-state index in [-0.39, 0.29) is 24.2 Å². The Bertz CT molecular complexity index is 499. The quantitative estimate of drug-likeness (QED) is 0.776. The number of nitrogens with zero attached hydrogens (tertiary/aromatic N) is 2. The van der Waals surface area contributed by atoms with Gasteiger partial charge in [0.1, 0.15) is 12.1 Å². The predicted octanol–water partition coefficient (Wildman–Crippen LogP) is 1.70. The van der Waals surface area contributed by atoms with Crippen molar-refractivity contribution in [1.82, 2.24) is 9.80 Å². The maximum Gasteiger partial charge on any atom is 0.236 e.